The first-order chi connectivity index (χ1) is 10.1. The molecule has 1 aromatic carbocycles. The normalized spacial score (nSPS) is 11.6. The SMILES string of the molecule is CN(C)C(=O)c1ncn(-c2ccc(Cl)cc2Cl)c1C(F)(F)F. The molecule has 2 rings (SSSR count). The number of carbonyl (C=O) groups is 1. The van der Waals surface area contributed by atoms with E-state index in [0.29, 0.717) is 0 Å². The maximum atomic E-state index is 13.4. The number of benzene rings is 1. The minimum absolute atomic E-state index is 0.0132. The van der Waals surface area contributed by atoms with Crippen molar-refractivity contribution in [3.8, 4) is 5.69 Å². The number of rotatable bonds is 2. The van der Waals surface area contributed by atoms with Gasteiger partial charge in [-0.15, -0.1) is 0 Å². The van der Waals surface area contributed by atoms with Gasteiger partial charge in [-0.05, 0) is 18.2 Å². The standard InChI is InChI=1S/C13H10Cl2F3N3O/c1-20(2)12(22)10-11(13(16,17)18)21(6-19-10)9-4-3-7(14)5-8(9)15/h3-6H,1-2H3. The highest BCUT2D eigenvalue weighted by atomic mass is 35.5. The molecule has 0 spiro atoms. The molecule has 0 atom stereocenters. The molecule has 0 saturated carbocycles. The largest absolute Gasteiger partial charge is 0.434 e. The third-order valence-corrected chi connectivity index (χ3v) is 3.35. The van der Waals surface area contributed by atoms with E-state index in [2.05, 4.69) is 4.98 Å². The van der Waals surface area contributed by atoms with Crippen molar-refractivity contribution in [1.29, 1.82) is 0 Å². The van der Waals surface area contributed by atoms with Gasteiger partial charge < -0.3 is 4.90 Å². The summed E-state index contributed by atoms with van der Waals surface area (Å²) in [4.78, 5) is 16.5. The van der Waals surface area contributed by atoms with Crippen LogP contribution in [0, 0.1) is 0 Å². The summed E-state index contributed by atoms with van der Waals surface area (Å²) in [5.41, 5.74) is -1.84. The third-order valence-electron chi connectivity index (χ3n) is 2.81. The van der Waals surface area contributed by atoms with Crippen molar-refractivity contribution in [2.75, 3.05) is 14.1 Å². The van der Waals surface area contributed by atoms with E-state index < -0.39 is 23.5 Å². The van der Waals surface area contributed by atoms with Crippen molar-refractivity contribution in [2.45, 2.75) is 6.18 Å². The van der Waals surface area contributed by atoms with Crippen molar-refractivity contribution in [3.05, 3.63) is 46.0 Å². The predicted octanol–water partition coefficient (Wildman–Crippen LogP) is 3.90. The van der Waals surface area contributed by atoms with Crippen molar-refractivity contribution < 1.29 is 18.0 Å². The fourth-order valence-electron chi connectivity index (χ4n) is 1.85. The lowest BCUT2D eigenvalue weighted by atomic mass is 10.2. The minimum Gasteiger partial charge on any atom is -0.343 e. The van der Waals surface area contributed by atoms with Crippen LogP contribution in [-0.2, 0) is 6.18 Å². The van der Waals surface area contributed by atoms with E-state index in [9.17, 15) is 18.0 Å². The molecule has 118 valence electrons. The van der Waals surface area contributed by atoms with E-state index in [4.69, 9.17) is 23.2 Å². The van der Waals surface area contributed by atoms with Gasteiger partial charge in [0.2, 0.25) is 0 Å². The molecule has 0 aliphatic carbocycles. The highest BCUT2D eigenvalue weighted by Crippen LogP contribution is 2.36. The molecule has 0 unspecified atom stereocenters. The maximum Gasteiger partial charge on any atom is 0.434 e. The topological polar surface area (TPSA) is 38.1 Å². The molecule has 4 nitrogen and oxygen atoms in total. The Morgan fingerprint density at radius 2 is 1.91 bits per heavy atom. The minimum atomic E-state index is -4.78. The van der Waals surface area contributed by atoms with Gasteiger partial charge in [0, 0.05) is 19.1 Å². The zero-order valence-electron chi connectivity index (χ0n) is 11.4. The van der Waals surface area contributed by atoms with E-state index >= 15 is 0 Å². The summed E-state index contributed by atoms with van der Waals surface area (Å²) in [6, 6.07) is 4.04. The highest BCUT2D eigenvalue weighted by Gasteiger charge is 2.41. The summed E-state index contributed by atoms with van der Waals surface area (Å²) in [5.74, 6) is -0.851. The fraction of sp³-hybridized carbons (Fsp3) is 0.231. The van der Waals surface area contributed by atoms with Gasteiger partial charge in [-0.2, -0.15) is 13.2 Å². The monoisotopic (exact) mass is 351 g/mol. The molecule has 0 radical (unpaired) electrons. The van der Waals surface area contributed by atoms with Crippen LogP contribution in [-0.4, -0.2) is 34.5 Å². The lowest BCUT2D eigenvalue weighted by Crippen LogP contribution is -2.26. The van der Waals surface area contributed by atoms with Crippen LogP contribution < -0.4 is 0 Å². The fourth-order valence-corrected chi connectivity index (χ4v) is 2.35. The zero-order chi connectivity index (χ0) is 16.7. The number of hydrogen-bond donors (Lipinski definition) is 0. The van der Waals surface area contributed by atoms with Crippen LogP contribution in [0.4, 0.5) is 13.2 Å². The smallest absolute Gasteiger partial charge is 0.343 e. The van der Waals surface area contributed by atoms with Gasteiger partial charge in [0.25, 0.3) is 5.91 Å². The Morgan fingerprint density at radius 1 is 1.27 bits per heavy atom. The average molecular weight is 352 g/mol. The third kappa shape index (κ3) is 3.05. The van der Waals surface area contributed by atoms with Gasteiger partial charge in [-0.1, -0.05) is 23.2 Å². The zero-order valence-corrected chi connectivity index (χ0v) is 13.0. The molecule has 0 saturated heterocycles. The van der Waals surface area contributed by atoms with Gasteiger partial charge in [0.1, 0.15) is 6.33 Å². The van der Waals surface area contributed by atoms with Crippen LogP contribution in [0.15, 0.2) is 24.5 Å². The first-order valence-corrected chi connectivity index (χ1v) is 6.70. The second kappa shape index (κ2) is 5.81. The Bertz CT molecular complexity index is 726. The van der Waals surface area contributed by atoms with E-state index in [1.54, 1.807) is 0 Å². The maximum absolute atomic E-state index is 13.4. The number of carbonyl (C=O) groups excluding carboxylic acids is 1. The lowest BCUT2D eigenvalue weighted by Gasteiger charge is -2.15. The van der Waals surface area contributed by atoms with Gasteiger partial charge in [-0.25, -0.2) is 4.98 Å². The Kier molecular flexibility index (Phi) is 4.39. The molecule has 0 fully saturated rings. The average Bonchev–Trinajstić information content (AvgIpc) is 2.82. The quantitative estimate of drug-likeness (QED) is 0.822. The van der Waals surface area contributed by atoms with Crippen LogP contribution in [0.25, 0.3) is 5.69 Å². The second-order valence-electron chi connectivity index (χ2n) is 4.60. The molecule has 1 aromatic heterocycles. The van der Waals surface area contributed by atoms with E-state index in [0.717, 1.165) is 15.8 Å². The first-order valence-electron chi connectivity index (χ1n) is 5.94. The molecular weight excluding hydrogens is 342 g/mol. The summed E-state index contributed by atoms with van der Waals surface area (Å²) in [6.45, 7) is 0. The highest BCUT2D eigenvalue weighted by molar-refractivity contribution is 6.35. The molecular formula is C13H10Cl2F3N3O. The molecule has 22 heavy (non-hydrogen) atoms. The Morgan fingerprint density at radius 3 is 2.41 bits per heavy atom. The van der Waals surface area contributed by atoms with Crippen LogP contribution >= 0.6 is 23.2 Å². The number of halogens is 5. The summed E-state index contributed by atoms with van der Waals surface area (Å²) in [5, 5.41) is 0.297. The van der Waals surface area contributed by atoms with Crippen molar-refractivity contribution in [2.24, 2.45) is 0 Å². The summed E-state index contributed by atoms with van der Waals surface area (Å²) < 4.78 is 40.8. The number of nitrogens with zero attached hydrogens (tertiary/aromatic N) is 3. The van der Waals surface area contributed by atoms with Crippen LogP contribution in [0.5, 0.6) is 0 Å². The molecule has 2 aromatic rings. The van der Waals surface area contributed by atoms with Gasteiger partial charge >= 0.3 is 6.18 Å². The van der Waals surface area contributed by atoms with E-state index in [1.807, 2.05) is 0 Å². The molecule has 9 heteroatoms. The Hall–Kier alpha value is -1.73. The molecule has 0 N–H and O–H groups in total. The summed E-state index contributed by atoms with van der Waals surface area (Å²) in [7, 11) is 2.69. The lowest BCUT2D eigenvalue weighted by molar-refractivity contribution is -0.142. The number of imidazole rings is 1. The van der Waals surface area contributed by atoms with Crippen molar-refractivity contribution in [1.82, 2.24) is 14.5 Å². The Labute approximate surface area is 134 Å². The molecule has 1 heterocycles. The predicted molar refractivity (Wildman–Crippen MR) is 76.6 cm³/mol. The number of aromatic nitrogens is 2. The second-order valence-corrected chi connectivity index (χ2v) is 5.45. The van der Waals surface area contributed by atoms with Crippen molar-refractivity contribution >= 4 is 29.1 Å². The Balaban J connectivity index is 2.70. The summed E-state index contributed by atoms with van der Waals surface area (Å²) in [6.07, 6.45) is -3.87. The number of alkyl halides is 3. The van der Waals surface area contributed by atoms with Gasteiger partial charge in [-0.3, -0.25) is 9.36 Å². The van der Waals surface area contributed by atoms with Gasteiger partial charge in [0.05, 0.1) is 10.7 Å². The van der Waals surface area contributed by atoms with Gasteiger partial charge in [0.15, 0.2) is 11.4 Å². The number of amides is 1. The van der Waals surface area contributed by atoms with Crippen molar-refractivity contribution in [3.63, 3.8) is 0 Å². The van der Waals surface area contributed by atoms with E-state index in [1.165, 1.54) is 32.3 Å². The van der Waals surface area contributed by atoms with E-state index in [-0.39, 0.29) is 15.7 Å². The number of hydrogen-bond acceptors (Lipinski definition) is 2. The molecule has 1 amide bonds. The van der Waals surface area contributed by atoms with Crippen LogP contribution in [0.3, 0.4) is 0 Å². The van der Waals surface area contributed by atoms with Crippen LogP contribution in [0.2, 0.25) is 10.0 Å². The molecule has 0 aliphatic rings. The van der Waals surface area contributed by atoms with Crippen LogP contribution in [0.1, 0.15) is 16.2 Å². The summed E-state index contributed by atoms with van der Waals surface area (Å²) >= 11 is 11.7. The molecule has 0 bridgehead atoms. The molecule has 0 aliphatic heterocycles. The first kappa shape index (κ1) is 16.6.